The SMILES string of the molecule is COc1cc2c(cc1OCCCCCOc1cc3c(cc1OC)C(=O)N1CC4(CC4)C[C@H]1C(O)N3C(=O)OCc1ccc(CC(=O)[C@H](C)NC(=O)[C@@H](CC(=O)CNC(=O)CCC(=O)CCC(=O)N3Cc4ccccc4-c4nnn(C)c4-c4ccccc43)C(C)C)cc1)CC[C@@H]1CC3(CC3)CN1C2=O. The van der Waals surface area contributed by atoms with Gasteiger partial charge < -0.3 is 54.1 Å². The number of aliphatic hydroxyl groups excluding tert-OH is 1. The number of anilines is 2. The first-order valence-corrected chi connectivity index (χ1v) is 36.2. The lowest BCUT2D eigenvalue weighted by atomic mass is 9.89. The minimum Gasteiger partial charge on any atom is -0.493 e. The van der Waals surface area contributed by atoms with E-state index in [9.17, 15) is 48.3 Å². The lowest BCUT2D eigenvalue weighted by molar-refractivity contribution is -0.133. The van der Waals surface area contributed by atoms with Crippen LogP contribution in [0, 0.1) is 22.7 Å². The van der Waals surface area contributed by atoms with Gasteiger partial charge in [0.2, 0.25) is 17.7 Å². The Labute approximate surface area is 599 Å². The summed E-state index contributed by atoms with van der Waals surface area (Å²) in [6.45, 7) is 6.79. The van der Waals surface area contributed by atoms with Gasteiger partial charge in [0.05, 0.1) is 75.2 Å². The van der Waals surface area contributed by atoms with Crippen molar-refractivity contribution in [2.75, 3.05) is 56.9 Å². The van der Waals surface area contributed by atoms with Crippen LogP contribution in [0.3, 0.4) is 0 Å². The van der Waals surface area contributed by atoms with Gasteiger partial charge in [0.15, 0.2) is 40.8 Å². The zero-order chi connectivity index (χ0) is 72.4. The van der Waals surface area contributed by atoms with Crippen LogP contribution in [0.25, 0.3) is 22.5 Å². The summed E-state index contributed by atoms with van der Waals surface area (Å²) in [4.78, 5) is 130. The van der Waals surface area contributed by atoms with Crippen LogP contribution >= 0.6 is 0 Å². The molecule has 2 aliphatic carbocycles. The molecule has 1 unspecified atom stereocenters. The summed E-state index contributed by atoms with van der Waals surface area (Å²) in [7, 11) is 4.87. The molecular weight excluding hydrogens is 1310 g/mol. The average molecular weight is 1410 g/mol. The molecule has 6 amide bonds. The molecule has 103 heavy (non-hydrogen) atoms. The molecule has 5 aromatic carbocycles. The van der Waals surface area contributed by atoms with Crippen LogP contribution in [0.5, 0.6) is 23.0 Å². The number of carbonyl (C=O) groups is 9. The molecule has 2 saturated heterocycles. The minimum atomic E-state index is -1.45. The van der Waals surface area contributed by atoms with Gasteiger partial charge >= 0.3 is 6.09 Å². The highest BCUT2D eigenvalue weighted by atomic mass is 16.6. The fraction of sp³-hybridized carbons (Fsp3) is 0.481. The lowest BCUT2D eigenvalue weighted by Crippen LogP contribution is -2.50. The molecule has 2 saturated carbocycles. The number of fused-ring (bicyclic) bond motifs is 9. The summed E-state index contributed by atoms with van der Waals surface area (Å²) in [5, 5.41) is 26.3. The summed E-state index contributed by atoms with van der Waals surface area (Å²) in [6, 6.07) is 27.6. The molecule has 1 aromatic heterocycles. The molecular formula is C79H91N9O15. The number of carbonyl (C=O) groups excluding carboxylic acids is 9. The number of para-hydroxylation sites is 1. The third kappa shape index (κ3) is 15.4. The molecule has 0 radical (unpaired) electrons. The quantitative estimate of drug-likeness (QED) is 0.0385. The number of ether oxygens (including phenoxy) is 5. The molecule has 4 fully saturated rings. The van der Waals surface area contributed by atoms with Gasteiger partial charge in [-0.2, -0.15) is 0 Å². The zero-order valence-electron chi connectivity index (χ0n) is 59.5. The van der Waals surface area contributed by atoms with E-state index < -0.39 is 47.9 Å². The number of amides is 6. The van der Waals surface area contributed by atoms with Crippen LogP contribution in [0.2, 0.25) is 0 Å². The van der Waals surface area contributed by atoms with E-state index in [0.717, 1.165) is 77.9 Å². The number of methoxy groups -OCH3 is 2. The van der Waals surface area contributed by atoms with Crippen molar-refractivity contribution in [1.82, 2.24) is 35.4 Å². The minimum absolute atomic E-state index is 0.0481. The fourth-order valence-electron chi connectivity index (χ4n) is 15.5. The maximum absolute atomic E-state index is 14.5. The lowest BCUT2D eigenvalue weighted by Gasteiger charge is -2.31. The predicted molar refractivity (Wildman–Crippen MR) is 380 cm³/mol. The normalized spacial score (nSPS) is 19.0. The Kier molecular flexibility index (Phi) is 20.9. The molecule has 6 heterocycles. The molecule has 24 heteroatoms. The molecule has 7 aliphatic rings. The highest BCUT2D eigenvalue weighted by molar-refractivity contribution is 6.06. The number of rotatable bonds is 28. The van der Waals surface area contributed by atoms with Crippen molar-refractivity contribution in [3.63, 3.8) is 0 Å². The second-order valence-electron chi connectivity index (χ2n) is 29.5. The molecule has 13 rings (SSSR count). The summed E-state index contributed by atoms with van der Waals surface area (Å²) in [5.41, 5.74) is 8.03. The second kappa shape index (κ2) is 30.2. The Morgan fingerprint density at radius 3 is 2.02 bits per heavy atom. The van der Waals surface area contributed by atoms with Crippen molar-refractivity contribution in [3.05, 3.63) is 130 Å². The molecule has 3 N–H and O–H groups in total. The highest BCUT2D eigenvalue weighted by Crippen LogP contribution is 2.58. The van der Waals surface area contributed by atoms with E-state index in [1.54, 1.807) is 85.8 Å². The Balaban J connectivity index is 0.556. The first-order chi connectivity index (χ1) is 49.6. The molecule has 5 aliphatic heterocycles. The van der Waals surface area contributed by atoms with Crippen molar-refractivity contribution in [2.45, 2.75) is 167 Å². The van der Waals surface area contributed by atoms with Gasteiger partial charge in [-0.05, 0) is 141 Å². The molecule has 5 atom stereocenters. The number of Topliss-reactive ketones (excluding diaryl/α,β-unsaturated/α-hetero) is 3. The third-order valence-electron chi connectivity index (χ3n) is 22.0. The van der Waals surface area contributed by atoms with Crippen molar-refractivity contribution in [2.24, 2.45) is 29.7 Å². The van der Waals surface area contributed by atoms with Gasteiger partial charge in [-0.1, -0.05) is 85.8 Å². The van der Waals surface area contributed by atoms with Gasteiger partial charge in [-0.3, -0.25) is 38.4 Å². The van der Waals surface area contributed by atoms with E-state index >= 15 is 0 Å². The Bertz CT molecular complexity index is 4290. The van der Waals surface area contributed by atoms with Gasteiger partial charge in [-0.15, -0.1) is 5.10 Å². The number of nitrogens with one attached hydrogen (secondary N) is 2. The smallest absolute Gasteiger partial charge is 0.416 e. The first-order valence-electron chi connectivity index (χ1n) is 36.2. The monoisotopic (exact) mass is 1410 g/mol. The number of hydrogen-bond donors (Lipinski definition) is 3. The molecule has 24 nitrogen and oxygen atoms in total. The van der Waals surface area contributed by atoms with Gasteiger partial charge in [-0.25, -0.2) is 14.4 Å². The maximum Gasteiger partial charge on any atom is 0.416 e. The van der Waals surface area contributed by atoms with Crippen molar-refractivity contribution < 1.29 is 71.9 Å². The first kappa shape index (κ1) is 71.4. The molecule has 2 spiro atoms. The maximum atomic E-state index is 14.5. The Hall–Kier alpha value is -9.97. The Morgan fingerprint density at radius 1 is 0.670 bits per heavy atom. The van der Waals surface area contributed by atoms with E-state index in [-0.39, 0.29) is 134 Å². The van der Waals surface area contributed by atoms with E-state index in [1.165, 1.54) is 20.0 Å². The predicted octanol–water partition coefficient (Wildman–Crippen LogP) is 9.85. The number of aryl methyl sites for hydroxylation is 2. The van der Waals surface area contributed by atoms with E-state index in [1.807, 2.05) is 60.7 Å². The number of hydrogen-bond acceptors (Lipinski definition) is 17. The van der Waals surface area contributed by atoms with E-state index in [2.05, 4.69) is 25.8 Å². The summed E-state index contributed by atoms with van der Waals surface area (Å²) >= 11 is 0. The van der Waals surface area contributed by atoms with Crippen molar-refractivity contribution >= 4 is 64.4 Å². The number of aliphatic hydroxyl groups is 1. The number of nitrogens with zero attached hydrogens (tertiary/aromatic N) is 7. The Morgan fingerprint density at radius 2 is 1.31 bits per heavy atom. The molecule has 6 aromatic rings. The highest BCUT2D eigenvalue weighted by Gasteiger charge is 2.58. The van der Waals surface area contributed by atoms with Crippen LogP contribution in [0.4, 0.5) is 16.2 Å². The largest absolute Gasteiger partial charge is 0.493 e. The summed E-state index contributed by atoms with van der Waals surface area (Å²) in [6.07, 6.45) is 6.58. The van der Waals surface area contributed by atoms with E-state index in [4.69, 9.17) is 23.7 Å². The number of benzene rings is 5. The van der Waals surface area contributed by atoms with Crippen LogP contribution in [-0.4, -0.2) is 154 Å². The van der Waals surface area contributed by atoms with Crippen molar-refractivity contribution in [3.8, 4) is 45.5 Å². The number of unbranched alkanes of at least 4 members (excludes halogenated alkanes) is 2. The number of aromatic nitrogens is 3. The average Bonchev–Trinajstić information content (AvgIpc) is 1.58. The van der Waals surface area contributed by atoms with E-state index in [0.29, 0.717) is 77.4 Å². The van der Waals surface area contributed by atoms with Crippen LogP contribution in [-0.2, 0) is 66.5 Å². The molecule has 542 valence electrons. The summed E-state index contributed by atoms with van der Waals surface area (Å²) < 4.78 is 31.7. The number of ketones is 3. The van der Waals surface area contributed by atoms with Crippen LogP contribution in [0.1, 0.15) is 160 Å². The second-order valence-corrected chi connectivity index (χ2v) is 29.5. The molecule has 0 bridgehead atoms. The van der Waals surface area contributed by atoms with Crippen LogP contribution in [0.15, 0.2) is 97.1 Å². The van der Waals surface area contributed by atoms with Crippen molar-refractivity contribution in [1.29, 1.82) is 0 Å². The topological polar surface area (TPSA) is 288 Å². The van der Waals surface area contributed by atoms with Crippen LogP contribution < -0.4 is 39.4 Å². The van der Waals surface area contributed by atoms with Gasteiger partial charge in [0, 0.05) is 93.4 Å². The fourth-order valence-corrected chi connectivity index (χ4v) is 15.5. The third-order valence-corrected chi connectivity index (χ3v) is 22.0. The summed E-state index contributed by atoms with van der Waals surface area (Å²) in [5.74, 6) is -1.93. The standard InChI is InChI=1S/C79H91N9O15/c1-47(2)58(36-55(90)42-80-69(92)26-24-54(89)25-27-70(93)85-43-52-14-8-9-15-56(52)71-72(84(4)83-82-71)57-16-10-11-17-61(57)85)73(94)81-48(3)64(91)34-49-18-20-50(21-19-49)44-103-77(98)88-62-39-68(66(100-6)38-60(62)75(96)87-46-79(30-31-79)41-63(87)76(88)97)102-33-13-7-12-32-101-67-35-51-22-23-53-40-78(28-29-78)45-86(53)74(95)59(51)37-65(67)99-5/h8-11,14-21,35,37-39,47-48,53,58,63,76,97H,7,12-13,22-34,36,40-46H2,1-6H3,(H,80,92)(H,81,94)/t48-,53+,58-,63-,76?/m0/s1. The van der Waals surface area contributed by atoms with Gasteiger partial charge in [0.25, 0.3) is 11.8 Å². The van der Waals surface area contributed by atoms with Gasteiger partial charge in [0.1, 0.15) is 18.1 Å². The zero-order valence-corrected chi connectivity index (χ0v) is 59.5.